The molecule has 0 atom stereocenters. The molecule has 0 heterocycles. The summed E-state index contributed by atoms with van der Waals surface area (Å²) in [5, 5.41) is 9.17. The number of nitriles is 1. The second-order valence-electron chi connectivity index (χ2n) is 4.35. The topological polar surface area (TPSA) is 42.2 Å². The van der Waals surface area contributed by atoms with Gasteiger partial charge in [0.2, 0.25) is 0 Å². The molecule has 0 aliphatic rings. The number of aryl methyl sites for hydroxylation is 1. The zero-order chi connectivity index (χ0) is 14.5. The van der Waals surface area contributed by atoms with E-state index in [1.807, 2.05) is 37.3 Å². The summed E-state index contributed by atoms with van der Waals surface area (Å²) >= 11 is 3.38. The van der Waals surface area contributed by atoms with E-state index in [9.17, 15) is 0 Å². The number of methoxy groups -OCH3 is 1. The molecule has 0 amide bonds. The van der Waals surface area contributed by atoms with Gasteiger partial charge in [0, 0.05) is 4.47 Å². The minimum absolute atomic E-state index is 0.418. The summed E-state index contributed by atoms with van der Waals surface area (Å²) in [6.45, 7) is 2.34. The summed E-state index contributed by atoms with van der Waals surface area (Å²) < 4.78 is 11.8. The average molecular weight is 332 g/mol. The molecule has 102 valence electrons. The molecule has 0 N–H and O–H groups in total. The summed E-state index contributed by atoms with van der Waals surface area (Å²) in [5.41, 5.74) is 2.49. The van der Waals surface area contributed by atoms with E-state index in [2.05, 4.69) is 22.0 Å². The molecular formula is C16H14BrNO2. The molecule has 0 unspecified atom stereocenters. The van der Waals surface area contributed by atoms with Gasteiger partial charge in [-0.2, -0.15) is 5.26 Å². The van der Waals surface area contributed by atoms with Crippen LogP contribution in [0, 0.1) is 18.3 Å². The molecule has 0 fully saturated rings. The van der Waals surface area contributed by atoms with E-state index in [1.165, 1.54) is 0 Å². The summed E-state index contributed by atoms with van der Waals surface area (Å²) in [6, 6.07) is 13.5. The first-order valence-corrected chi connectivity index (χ1v) is 6.89. The predicted molar refractivity (Wildman–Crippen MR) is 80.9 cm³/mol. The van der Waals surface area contributed by atoms with Crippen molar-refractivity contribution in [1.29, 1.82) is 5.26 Å². The smallest absolute Gasteiger partial charge is 0.140 e. The minimum atomic E-state index is 0.418. The number of nitrogens with zero attached hydrogens (tertiary/aromatic N) is 1. The Morgan fingerprint density at radius 3 is 2.50 bits per heavy atom. The molecule has 0 saturated carbocycles. The Hall–Kier alpha value is -1.99. The zero-order valence-corrected chi connectivity index (χ0v) is 12.9. The summed E-state index contributed by atoms with van der Waals surface area (Å²) in [6.07, 6.45) is 0. The Balaban J connectivity index is 2.16. The van der Waals surface area contributed by atoms with Crippen molar-refractivity contribution in [2.24, 2.45) is 0 Å². The Bertz CT molecular complexity index is 645. The van der Waals surface area contributed by atoms with Crippen molar-refractivity contribution in [2.45, 2.75) is 13.5 Å². The van der Waals surface area contributed by atoms with Crippen LogP contribution in [0.2, 0.25) is 0 Å². The number of hydrogen-bond acceptors (Lipinski definition) is 3. The fourth-order valence-electron chi connectivity index (χ4n) is 1.88. The molecule has 3 nitrogen and oxygen atoms in total. The van der Waals surface area contributed by atoms with Crippen molar-refractivity contribution in [3.8, 4) is 17.6 Å². The first kappa shape index (κ1) is 14.4. The van der Waals surface area contributed by atoms with Crippen molar-refractivity contribution < 1.29 is 9.47 Å². The van der Waals surface area contributed by atoms with Crippen LogP contribution in [0.15, 0.2) is 40.9 Å². The summed E-state index contributed by atoms with van der Waals surface area (Å²) in [7, 11) is 1.63. The second-order valence-corrected chi connectivity index (χ2v) is 5.26. The van der Waals surface area contributed by atoms with Crippen LogP contribution in [0.5, 0.6) is 11.5 Å². The van der Waals surface area contributed by atoms with Crippen molar-refractivity contribution >= 4 is 15.9 Å². The van der Waals surface area contributed by atoms with E-state index >= 15 is 0 Å². The molecule has 0 aliphatic heterocycles. The highest BCUT2D eigenvalue weighted by atomic mass is 79.9. The van der Waals surface area contributed by atoms with Crippen LogP contribution in [0.1, 0.15) is 16.7 Å². The lowest BCUT2D eigenvalue weighted by Crippen LogP contribution is -1.99. The van der Waals surface area contributed by atoms with E-state index < -0.39 is 0 Å². The maximum Gasteiger partial charge on any atom is 0.140 e. The van der Waals surface area contributed by atoms with Crippen molar-refractivity contribution in [2.75, 3.05) is 7.11 Å². The fraction of sp³-hybridized carbons (Fsp3) is 0.188. The van der Waals surface area contributed by atoms with Crippen LogP contribution in [0.4, 0.5) is 0 Å². The monoisotopic (exact) mass is 331 g/mol. The van der Waals surface area contributed by atoms with Gasteiger partial charge in [0.15, 0.2) is 0 Å². The third-order valence-electron chi connectivity index (χ3n) is 2.90. The van der Waals surface area contributed by atoms with Crippen LogP contribution in [-0.4, -0.2) is 7.11 Å². The minimum Gasteiger partial charge on any atom is -0.497 e. The van der Waals surface area contributed by atoms with Gasteiger partial charge < -0.3 is 9.47 Å². The molecule has 0 spiro atoms. The molecule has 2 aromatic rings. The van der Waals surface area contributed by atoms with Crippen molar-refractivity contribution in [3.63, 3.8) is 0 Å². The highest BCUT2D eigenvalue weighted by Gasteiger charge is 2.09. The molecule has 2 rings (SSSR count). The van der Waals surface area contributed by atoms with Crippen LogP contribution in [0.3, 0.4) is 0 Å². The molecule has 0 aliphatic carbocycles. The normalized spacial score (nSPS) is 9.90. The molecule has 0 bridgehead atoms. The van der Waals surface area contributed by atoms with Crippen LogP contribution in [-0.2, 0) is 6.61 Å². The van der Waals surface area contributed by atoms with Gasteiger partial charge in [0.25, 0.3) is 0 Å². The first-order valence-electron chi connectivity index (χ1n) is 6.10. The van der Waals surface area contributed by atoms with E-state index in [4.69, 9.17) is 14.7 Å². The van der Waals surface area contributed by atoms with Crippen molar-refractivity contribution in [3.05, 3.63) is 57.6 Å². The van der Waals surface area contributed by atoms with E-state index in [1.54, 1.807) is 13.2 Å². The highest BCUT2D eigenvalue weighted by Crippen LogP contribution is 2.28. The van der Waals surface area contributed by atoms with Crippen LogP contribution < -0.4 is 9.47 Å². The average Bonchev–Trinajstić information content (AvgIpc) is 2.46. The summed E-state index contributed by atoms with van der Waals surface area (Å²) in [5.74, 6) is 1.44. The van der Waals surface area contributed by atoms with Gasteiger partial charge in [-0.25, -0.2) is 0 Å². The van der Waals surface area contributed by atoms with Gasteiger partial charge in [-0.05, 0) is 42.3 Å². The predicted octanol–water partition coefficient (Wildman–Crippen LogP) is 4.22. The largest absolute Gasteiger partial charge is 0.497 e. The van der Waals surface area contributed by atoms with Gasteiger partial charge >= 0.3 is 0 Å². The third kappa shape index (κ3) is 3.31. The Morgan fingerprint density at radius 1 is 1.20 bits per heavy atom. The number of hydrogen-bond donors (Lipinski definition) is 0. The van der Waals surface area contributed by atoms with Gasteiger partial charge in [-0.1, -0.05) is 28.1 Å². The highest BCUT2D eigenvalue weighted by molar-refractivity contribution is 9.10. The van der Waals surface area contributed by atoms with E-state index in [0.29, 0.717) is 17.9 Å². The Kier molecular flexibility index (Phi) is 4.65. The van der Waals surface area contributed by atoms with Gasteiger partial charge in [-0.15, -0.1) is 0 Å². The number of benzene rings is 2. The van der Waals surface area contributed by atoms with Crippen LogP contribution in [0.25, 0.3) is 0 Å². The lowest BCUT2D eigenvalue weighted by molar-refractivity contribution is 0.303. The van der Waals surface area contributed by atoms with Gasteiger partial charge in [0.1, 0.15) is 24.2 Å². The Morgan fingerprint density at radius 2 is 1.90 bits per heavy atom. The third-order valence-corrected chi connectivity index (χ3v) is 3.36. The quantitative estimate of drug-likeness (QED) is 0.842. The Labute approximate surface area is 126 Å². The number of rotatable bonds is 4. The molecule has 2 aromatic carbocycles. The van der Waals surface area contributed by atoms with Gasteiger partial charge in [-0.3, -0.25) is 0 Å². The molecule has 0 saturated heterocycles. The first-order chi connectivity index (χ1) is 9.63. The molecule has 0 aromatic heterocycles. The fourth-order valence-corrected chi connectivity index (χ4v) is 2.45. The standard InChI is InChI=1S/C16H14BrNO2/c1-11-7-14(17)8-13(9-18)16(11)20-10-12-3-5-15(19-2)6-4-12/h3-8H,10H2,1-2H3. The molecule has 20 heavy (non-hydrogen) atoms. The molecule has 4 heteroatoms. The number of halogens is 1. The van der Waals surface area contributed by atoms with E-state index in [0.717, 1.165) is 21.3 Å². The molecular weight excluding hydrogens is 318 g/mol. The lowest BCUT2D eigenvalue weighted by atomic mass is 10.1. The number of ether oxygens (including phenoxy) is 2. The summed E-state index contributed by atoms with van der Waals surface area (Å²) in [4.78, 5) is 0. The SMILES string of the molecule is COc1ccc(COc2c(C)cc(Br)cc2C#N)cc1. The second kappa shape index (κ2) is 6.44. The maximum atomic E-state index is 9.17. The zero-order valence-electron chi connectivity index (χ0n) is 11.3. The van der Waals surface area contributed by atoms with Crippen molar-refractivity contribution in [1.82, 2.24) is 0 Å². The van der Waals surface area contributed by atoms with E-state index in [-0.39, 0.29) is 0 Å². The van der Waals surface area contributed by atoms with Gasteiger partial charge in [0.05, 0.1) is 12.7 Å². The lowest BCUT2D eigenvalue weighted by Gasteiger charge is -2.11. The maximum absolute atomic E-state index is 9.17. The molecule has 0 radical (unpaired) electrons. The van der Waals surface area contributed by atoms with Crippen LogP contribution >= 0.6 is 15.9 Å².